The number of fused-ring (bicyclic) bond motifs is 1. The van der Waals surface area contributed by atoms with Crippen molar-refractivity contribution in [2.75, 3.05) is 37.2 Å². The quantitative estimate of drug-likeness (QED) is 0.208. The normalized spacial score (nSPS) is 21.7. The Bertz CT molecular complexity index is 1390. The summed E-state index contributed by atoms with van der Waals surface area (Å²) in [6, 6.07) is 12.6. The number of nitrogens with one attached hydrogen (secondary N) is 2. The van der Waals surface area contributed by atoms with Crippen LogP contribution in [0, 0.1) is 18.8 Å². The van der Waals surface area contributed by atoms with Crippen LogP contribution in [0.4, 0.5) is 23.1 Å². The molecule has 1 fully saturated rings. The zero-order chi connectivity index (χ0) is 28.3. The molecule has 1 aliphatic carbocycles. The molecule has 1 aliphatic heterocycles. The van der Waals surface area contributed by atoms with Gasteiger partial charge < -0.3 is 25.7 Å². The van der Waals surface area contributed by atoms with Gasteiger partial charge >= 0.3 is 0 Å². The van der Waals surface area contributed by atoms with Crippen LogP contribution in [-0.2, 0) is 22.1 Å². The molecule has 7 nitrogen and oxygen atoms in total. The van der Waals surface area contributed by atoms with Crippen LogP contribution >= 0.6 is 18.7 Å². The van der Waals surface area contributed by atoms with Crippen LogP contribution in [-0.4, -0.2) is 42.6 Å². The number of aryl methyl sites for hydroxylation is 3. The topological polar surface area (TPSA) is 102 Å². The SMILES string of the molecule is Cc1ccc(Nc2nc(Nc3ccc4c(c3)CC[C@@H](CC3CCC(N)COC3)CC4)ncc2Cl)c(P(C)(C)=O)c1. The van der Waals surface area contributed by atoms with Crippen molar-refractivity contribution >= 4 is 47.2 Å². The van der Waals surface area contributed by atoms with Gasteiger partial charge in [0.15, 0.2) is 5.82 Å². The Morgan fingerprint density at radius 1 is 1.00 bits per heavy atom. The van der Waals surface area contributed by atoms with Crippen molar-refractivity contribution in [1.82, 2.24) is 9.97 Å². The van der Waals surface area contributed by atoms with Crippen molar-refractivity contribution in [2.24, 2.45) is 17.6 Å². The Kier molecular flexibility index (Phi) is 9.16. The van der Waals surface area contributed by atoms with E-state index in [0.717, 1.165) is 48.1 Å². The van der Waals surface area contributed by atoms with Crippen LogP contribution in [0.2, 0.25) is 5.02 Å². The van der Waals surface area contributed by atoms with Gasteiger partial charge in [-0.2, -0.15) is 4.98 Å². The summed E-state index contributed by atoms with van der Waals surface area (Å²) in [5.74, 6) is 2.26. The molecular formula is C31H41ClN5O2P. The van der Waals surface area contributed by atoms with Crippen LogP contribution in [0.5, 0.6) is 0 Å². The first kappa shape index (κ1) is 29.1. The number of hydrogen-bond donors (Lipinski definition) is 3. The number of halogens is 1. The number of aromatic nitrogens is 2. The standard InChI is InChI=1S/C31H41ClN5O2P/c1-20-4-13-28(29(14-20)40(2,3)38)36-30-27(32)17-34-31(37-30)35-26-12-10-23-8-5-21(6-9-24(23)16-26)15-22-7-11-25(33)19-39-18-22/h4,10,12-14,16-17,21-22,25H,5-9,11,15,18-19,33H2,1-3H3,(H2,34,35,36,37)/t21-,22?,25?/m0/s1. The number of benzene rings is 2. The van der Waals surface area contributed by atoms with E-state index in [-0.39, 0.29) is 6.04 Å². The van der Waals surface area contributed by atoms with E-state index in [1.54, 1.807) is 19.5 Å². The van der Waals surface area contributed by atoms with E-state index in [4.69, 9.17) is 22.1 Å². The highest BCUT2D eigenvalue weighted by Gasteiger charge is 2.23. The average molecular weight is 582 g/mol. The largest absolute Gasteiger partial charge is 0.380 e. The van der Waals surface area contributed by atoms with Crippen LogP contribution in [0.1, 0.15) is 48.8 Å². The van der Waals surface area contributed by atoms with Gasteiger partial charge in [0.05, 0.1) is 18.5 Å². The van der Waals surface area contributed by atoms with Crippen LogP contribution in [0.15, 0.2) is 42.6 Å². The molecule has 0 spiro atoms. The van der Waals surface area contributed by atoms with Gasteiger partial charge in [-0.25, -0.2) is 4.98 Å². The molecule has 2 unspecified atom stereocenters. The highest BCUT2D eigenvalue weighted by atomic mass is 35.5. The summed E-state index contributed by atoms with van der Waals surface area (Å²) in [5, 5.41) is 7.83. The minimum Gasteiger partial charge on any atom is -0.380 e. The van der Waals surface area contributed by atoms with Crippen molar-refractivity contribution in [3.63, 3.8) is 0 Å². The smallest absolute Gasteiger partial charge is 0.229 e. The predicted octanol–water partition coefficient (Wildman–Crippen LogP) is 6.81. The molecule has 1 aromatic heterocycles. The van der Waals surface area contributed by atoms with E-state index >= 15 is 0 Å². The van der Waals surface area contributed by atoms with E-state index in [0.29, 0.717) is 35.2 Å². The summed E-state index contributed by atoms with van der Waals surface area (Å²) in [6.07, 6.45) is 9.66. The average Bonchev–Trinajstić information content (AvgIpc) is 3.24. The van der Waals surface area contributed by atoms with Crippen molar-refractivity contribution in [2.45, 2.75) is 57.9 Å². The molecule has 9 heteroatoms. The van der Waals surface area contributed by atoms with E-state index < -0.39 is 7.14 Å². The molecule has 5 rings (SSSR count). The molecule has 0 saturated carbocycles. The lowest BCUT2D eigenvalue weighted by Crippen LogP contribution is -2.23. The summed E-state index contributed by atoms with van der Waals surface area (Å²) in [6.45, 7) is 7.08. The monoisotopic (exact) mass is 581 g/mol. The van der Waals surface area contributed by atoms with Gasteiger partial charge in [0, 0.05) is 23.6 Å². The van der Waals surface area contributed by atoms with Gasteiger partial charge in [-0.15, -0.1) is 0 Å². The molecule has 2 heterocycles. The van der Waals surface area contributed by atoms with Crippen molar-refractivity contribution in [1.29, 1.82) is 0 Å². The summed E-state index contributed by atoms with van der Waals surface area (Å²) in [4.78, 5) is 9.07. The van der Waals surface area contributed by atoms with E-state index in [1.807, 2.05) is 25.1 Å². The number of ether oxygens (including phenoxy) is 1. The summed E-state index contributed by atoms with van der Waals surface area (Å²) in [5.41, 5.74) is 11.7. The Labute approximate surface area is 243 Å². The molecule has 3 aromatic rings. The summed E-state index contributed by atoms with van der Waals surface area (Å²) < 4.78 is 18.8. The fraction of sp³-hybridized carbons (Fsp3) is 0.484. The van der Waals surface area contributed by atoms with Gasteiger partial charge in [-0.05, 0) is 112 Å². The molecule has 2 aliphatic rings. The number of hydrogen-bond acceptors (Lipinski definition) is 7. The van der Waals surface area contributed by atoms with Crippen molar-refractivity contribution in [3.8, 4) is 0 Å². The zero-order valence-electron chi connectivity index (χ0n) is 23.8. The second kappa shape index (κ2) is 12.6. The second-order valence-corrected chi connectivity index (χ2v) is 15.5. The maximum absolute atomic E-state index is 12.9. The zero-order valence-corrected chi connectivity index (χ0v) is 25.4. The Hall–Kier alpha value is -2.44. The molecule has 0 amide bonds. The van der Waals surface area contributed by atoms with E-state index in [9.17, 15) is 4.57 Å². The maximum atomic E-state index is 12.9. The number of nitrogens with zero attached hydrogens (tertiary/aromatic N) is 2. The summed E-state index contributed by atoms with van der Waals surface area (Å²) >= 11 is 6.46. The third-order valence-corrected chi connectivity index (χ3v) is 9.94. The molecule has 0 bridgehead atoms. The first-order chi connectivity index (χ1) is 19.1. The maximum Gasteiger partial charge on any atom is 0.229 e. The second-order valence-electron chi connectivity index (χ2n) is 11.9. The van der Waals surface area contributed by atoms with E-state index in [1.165, 1.54) is 36.8 Å². The minimum absolute atomic E-state index is 0.192. The molecule has 214 valence electrons. The molecule has 2 aromatic carbocycles. The molecule has 40 heavy (non-hydrogen) atoms. The van der Waals surface area contributed by atoms with Gasteiger partial charge in [-0.1, -0.05) is 29.3 Å². The van der Waals surface area contributed by atoms with Gasteiger partial charge in [0.25, 0.3) is 0 Å². The van der Waals surface area contributed by atoms with Crippen molar-refractivity contribution in [3.05, 3.63) is 64.3 Å². The minimum atomic E-state index is -2.51. The molecule has 4 N–H and O–H groups in total. The van der Waals surface area contributed by atoms with Crippen LogP contribution in [0.3, 0.4) is 0 Å². The predicted molar refractivity (Wildman–Crippen MR) is 167 cm³/mol. The first-order valence-electron chi connectivity index (χ1n) is 14.3. The Morgan fingerprint density at radius 2 is 1.80 bits per heavy atom. The molecule has 3 atom stereocenters. The number of nitrogens with two attached hydrogens (primary N) is 1. The van der Waals surface area contributed by atoms with Gasteiger partial charge in [0.2, 0.25) is 5.95 Å². The number of rotatable bonds is 7. The van der Waals surface area contributed by atoms with Crippen molar-refractivity contribution < 1.29 is 9.30 Å². The van der Waals surface area contributed by atoms with E-state index in [2.05, 4.69) is 38.8 Å². The summed E-state index contributed by atoms with van der Waals surface area (Å²) in [7, 11) is -2.51. The highest BCUT2D eigenvalue weighted by molar-refractivity contribution is 7.70. The lowest BCUT2D eigenvalue weighted by atomic mass is 9.86. The van der Waals surface area contributed by atoms with Gasteiger partial charge in [0.1, 0.15) is 12.2 Å². The third kappa shape index (κ3) is 7.44. The molecule has 0 radical (unpaired) electrons. The van der Waals surface area contributed by atoms with Crippen LogP contribution < -0.4 is 21.7 Å². The number of anilines is 4. The first-order valence-corrected chi connectivity index (χ1v) is 17.3. The third-order valence-electron chi connectivity index (χ3n) is 8.13. The lowest BCUT2D eigenvalue weighted by Gasteiger charge is -2.20. The fourth-order valence-electron chi connectivity index (χ4n) is 5.90. The Balaban J connectivity index is 1.26. The fourth-order valence-corrected chi connectivity index (χ4v) is 7.27. The lowest BCUT2D eigenvalue weighted by molar-refractivity contribution is 0.0993. The van der Waals surface area contributed by atoms with Crippen LogP contribution in [0.25, 0.3) is 0 Å². The molecular weight excluding hydrogens is 541 g/mol. The molecule has 1 saturated heterocycles. The Morgan fingerprint density at radius 3 is 2.60 bits per heavy atom. The van der Waals surface area contributed by atoms with Gasteiger partial charge in [-0.3, -0.25) is 0 Å². The highest BCUT2D eigenvalue weighted by Crippen LogP contribution is 2.39.